The van der Waals surface area contributed by atoms with Crippen LogP contribution in [0.25, 0.3) is 0 Å². The number of hydrogen-bond acceptors (Lipinski definition) is 3. The summed E-state index contributed by atoms with van der Waals surface area (Å²) in [4.78, 5) is 11.4. The second-order valence-corrected chi connectivity index (χ2v) is 2.36. The van der Waals surface area contributed by atoms with E-state index in [1.807, 2.05) is 13.0 Å². The molecule has 0 aromatic rings. The quantitative estimate of drug-likeness (QED) is 0.570. The molecule has 0 amide bonds. The lowest BCUT2D eigenvalue weighted by Gasteiger charge is -2.00. The number of nitrogens with zero attached hydrogens (tertiary/aromatic N) is 1. The lowest BCUT2D eigenvalue weighted by atomic mass is 9.99. The predicted octanol–water partition coefficient (Wildman–Crippen LogP) is 0.553. The average Bonchev–Trinajstić information content (AvgIpc) is 2.27. The van der Waals surface area contributed by atoms with Crippen LogP contribution in [0.3, 0.4) is 0 Å². The van der Waals surface area contributed by atoms with E-state index in [0.717, 1.165) is 0 Å². The predicted molar refractivity (Wildman–Crippen MR) is 43.4 cm³/mol. The number of carbonyl (C=O) groups is 1. The fourth-order valence-electron chi connectivity index (χ4n) is 0.926. The van der Waals surface area contributed by atoms with Crippen LogP contribution in [0.1, 0.15) is 13.3 Å². The third-order valence-corrected chi connectivity index (χ3v) is 1.62. The summed E-state index contributed by atoms with van der Waals surface area (Å²) in [5.41, 5.74) is 0.610. The molecule has 1 aliphatic heterocycles. The number of nitriles is 1. The van der Waals surface area contributed by atoms with Gasteiger partial charge in [-0.1, -0.05) is 12.8 Å². The summed E-state index contributed by atoms with van der Waals surface area (Å²) >= 11 is 0. The van der Waals surface area contributed by atoms with Crippen LogP contribution in [0.15, 0.2) is 11.8 Å². The number of ketones is 1. The van der Waals surface area contributed by atoms with Crippen molar-refractivity contribution in [3.63, 3.8) is 0 Å². The maximum atomic E-state index is 11.4. The van der Waals surface area contributed by atoms with Crippen molar-refractivity contribution >= 4 is 5.78 Å². The summed E-state index contributed by atoms with van der Waals surface area (Å²) in [6.07, 6.45) is 2.18. The van der Waals surface area contributed by atoms with Gasteiger partial charge in [0.1, 0.15) is 0 Å². The number of Topliss-reactive ketones (excluding diaryl/α,β-unsaturated/α-hetero) is 1. The molecule has 0 aliphatic carbocycles. The molecule has 0 spiro atoms. The van der Waals surface area contributed by atoms with Crippen LogP contribution in [0.5, 0.6) is 0 Å². The first kappa shape index (κ1) is 8.36. The lowest BCUT2D eigenvalue weighted by molar-refractivity contribution is -0.116. The number of allylic oxidation sites excluding steroid dienone is 1. The molecule has 0 radical (unpaired) electrons. The van der Waals surface area contributed by atoms with Crippen molar-refractivity contribution < 1.29 is 4.79 Å². The zero-order valence-corrected chi connectivity index (χ0v) is 6.72. The molecule has 1 heterocycles. The minimum absolute atomic E-state index is 0.183. The van der Waals surface area contributed by atoms with E-state index in [-0.39, 0.29) is 5.78 Å². The Bertz CT molecular complexity index is 325. The molecule has 0 bridgehead atoms. The van der Waals surface area contributed by atoms with Crippen molar-refractivity contribution in [2.75, 3.05) is 0 Å². The Kier molecular flexibility index (Phi) is 2.50. The van der Waals surface area contributed by atoms with Gasteiger partial charge >= 0.3 is 0 Å². The van der Waals surface area contributed by atoms with E-state index in [4.69, 9.17) is 5.26 Å². The number of hydrogen-bond donors (Lipinski definition) is 1. The molecule has 0 saturated heterocycles. The van der Waals surface area contributed by atoms with Gasteiger partial charge in [0.15, 0.2) is 11.7 Å². The molecule has 3 nitrogen and oxygen atoms in total. The first-order valence-corrected chi connectivity index (χ1v) is 3.68. The smallest absolute Gasteiger partial charge is 0.189 e. The van der Waals surface area contributed by atoms with Crippen LogP contribution in [0.2, 0.25) is 0 Å². The third kappa shape index (κ3) is 1.46. The first-order chi connectivity index (χ1) is 5.79. The highest BCUT2D eigenvalue weighted by Gasteiger charge is 2.19. The molecule has 0 aromatic heterocycles. The highest BCUT2D eigenvalue weighted by molar-refractivity contribution is 6.00. The van der Waals surface area contributed by atoms with Gasteiger partial charge in [-0.15, -0.1) is 0 Å². The van der Waals surface area contributed by atoms with Crippen LogP contribution in [0.4, 0.5) is 0 Å². The van der Waals surface area contributed by atoms with Crippen LogP contribution in [-0.2, 0) is 4.79 Å². The van der Waals surface area contributed by atoms with Gasteiger partial charge in [-0.2, -0.15) is 5.26 Å². The Morgan fingerprint density at radius 2 is 2.58 bits per heavy atom. The molecular weight excluding hydrogens is 152 g/mol. The van der Waals surface area contributed by atoms with Crippen molar-refractivity contribution in [3.05, 3.63) is 11.8 Å². The van der Waals surface area contributed by atoms with Crippen LogP contribution < -0.4 is 5.32 Å². The highest BCUT2D eigenvalue weighted by atomic mass is 16.1. The van der Waals surface area contributed by atoms with Crippen molar-refractivity contribution in [2.24, 2.45) is 5.92 Å². The van der Waals surface area contributed by atoms with Crippen molar-refractivity contribution in [3.8, 4) is 18.0 Å². The van der Waals surface area contributed by atoms with Crippen LogP contribution in [-0.4, -0.2) is 5.78 Å². The lowest BCUT2D eigenvalue weighted by Crippen LogP contribution is -2.12. The summed E-state index contributed by atoms with van der Waals surface area (Å²) in [6.45, 7) is 1.87. The monoisotopic (exact) mass is 160 g/mol. The van der Waals surface area contributed by atoms with Crippen molar-refractivity contribution in [1.29, 1.82) is 5.26 Å². The second kappa shape index (κ2) is 3.59. The van der Waals surface area contributed by atoms with Crippen molar-refractivity contribution in [1.82, 2.24) is 5.32 Å². The van der Waals surface area contributed by atoms with Gasteiger partial charge in [0, 0.05) is 17.8 Å². The Morgan fingerprint density at radius 3 is 3.17 bits per heavy atom. The van der Waals surface area contributed by atoms with E-state index in [2.05, 4.69) is 17.3 Å². The molecule has 0 fully saturated rings. The number of nitrogens with one attached hydrogen (secondary N) is 1. The maximum absolute atomic E-state index is 11.4. The summed E-state index contributed by atoms with van der Waals surface area (Å²) in [5, 5.41) is 11.2. The molecule has 60 valence electrons. The zero-order chi connectivity index (χ0) is 8.97. The van der Waals surface area contributed by atoms with Gasteiger partial charge in [-0.05, 0) is 6.42 Å². The largest absolute Gasteiger partial charge is 0.321 e. The van der Waals surface area contributed by atoms with Crippen LogP contribution in [0, 0.1) is 29.2 Å². The fraction of sp³-hybridized carbons (Fsp3) is 0.333. The molecule has 1 unspecified atom stereocenters. The molecule has 1 N–H and O–H groups in total. The topological polar surface area (TPSA) is 52.9 Å². The SMILES string of the molecule is CCC1=CNC#CC(C#N)C1=O. The maximum Gasteiger partial charge on any atom is 0.189 e. The Labute approximate surface area is 71.1 Å². The highest BCUT2D eigenvalue weighted by Crippen LogP contribution is 2.09. The molecule has 3 heteroatoms. The zero-order valence-electron chi connectivity index (χ0n) is 6.72. The van der Waals surface area contributed by atoms with Crippen molar-refractivity contribution in [2.45, 2.75) is 13.3 Å². The molecule has 0 aromatic carbocycles. The van der Waals surface area contributed by atoms with Gasteiger partial charge in [-0.3, -0.25) is 4.79 Å². The van der Waals surface area contributed by atoms with Gasteiger partial charge in [0.05, 0.1) is 6.07 Å². The third-order valence-electron chi connectivity index (χ3n) is 1.62. The minimum Gasteiger partial charge on any atom is -0.321 e. The van der Waals surface area contributed by atoms with Gasteiger partial charge in [-0.25, -0.2) is 0 Å². The summed E-state index contributed by atoms with van der Waals surface area (Å²) < 4.78 is 0. The van der Waals surface area contributed by atoms with Gasteiger partial charge < -0.3 is 5.32 Å². The standard InChI is InChI=1S/C9H8N2O/c1-2-7-6-11-4-3-8(5-10)9(7)12/h6,8,11H,2H2,1H3. The summed E-state index contributed by atoms with van der Waals surface area (Å²) in [6, 6.07) is 4.38. The average molecular weight is 160 g/mol. The second-order valence-electron chi connectivity index (χ2n) is 2.36. The van der Waals surface area contributed by atoms with E-state index in [9.17, 15) is 4.79 Å². The van der Waals surface area contributed by atoms with E-state index in [1.54, 1.807) is 6.20 Å². The van der Waals surface area contributed by atoms with E-state index in [1.165, 1.54) is 0 Å². The molecule has 12 heavy (non-hydrogen) atoms. The van der Waals surface area contributed by atoms with Crippen LogP contribution >= 0.6 is 0 Å². The molecule has 1 atom stereocenters. The molecule has 1 rings (SSSR count). The number of carbonyl (C=O) groups excluding carboxylic acids is 1. The normalized spacial score (nSPS) is 20.8. The molecular formula is C9H8N2O. The molecule has 0 saturated carbocycles. The Balaban J connectivity index is 2.96. The van der Waals surface area contributed by atoms with E-state index >= 15 is 0 Å². The molecule has 1 aliphatic rings. The Morgan fingerprint density at radius 1 is 1.83 bits per heavy atom. The first-order valence-electron chi connectivity index (χ1n) is 3.68. The number of rotatable bonds is 1. The van der Waals surface area contributed by atoms with E-state index in [0.29, 0.717) is 12.0 Å². The summed E-state index contributed by atoms with van der Waals surface area (Å²) in [5.74, 6) is 1.54. The minimum atomic E-state index is -0.800. The summed E-state index contributed by atoms with van der Waals surface area (Å²) in [7, 11) is 0. The Hall–Kier alpha value is -1.74. The fourth-order valence-corrected chi connectivity index (χ4v) is 0.926. The van der Waals surface area contributed by atoms with E-state index < -0.39 is 5.92 Å². The van der Waals surface area contributed by atoms with Gasteiger partial charge in [0.2, 0.25) is 0 Å². The van der Waals surface area contributed by atoms with Gasteiger partial charge in [0.25, 0.3) is 0 Å².